The fourth-order valence-electron chi connectivity index (χ4n) is 3.07. The van der Waals surface area contributed by atoms with Gasteiger partial charge in [0.1, 0.15) is 11.6 Å². The van der Waals surface area contributed by atoms with E-state index in [2.05, 4.69) is 26.6 Å². The number of hydrogen-bond donors (Lipinski definition) is 5. The topological polar surface area (TPSA) is 173 Å². The molecule has 0 saturated carbocycles. The van der Waals surface area contributed by atoms with Gasteiger partial charge < -0.3 is 40.8 Å². The van der Waals surface area contributed by atoms with Crippen molar-refractivity contribution in [3.8, 4) is 0 Å². The van der Waals surface area contributed by atoms with Gasteiger partial charge in [-0.1, -0.05) is 13.8 Å². The maximum Gasteiger partial charge on any atom is 0.408 e. The molecule has 5 N–H and O–H groups in total. The molecule has 0 radical (unpaired) electrons. The lowest BCUT2D eigenvalue weighted by atomic mass is 10.1. The van der Waals surface area contributed by atoms with Crippen LogP contribution in [0.3, 0.4) is 0 Å². The predicted octanol–water partition coefficient (Wildman–Crippen LogP) is 0.758. The Morgan fingerprint density at radius 3 is 1.46 bits per heavy atom. The molecule has 0 rings (SSSR count). The molecule has 0 aromatic heterocycles. The molecule has 0 aliphatic heterocycles. The van der Waals surface area contributed by atoms with Gasteiger partial charge in [-0.15, -0.1) is 0 Å². The van der Waals surface area contributed by atoms with Gasteiger partial charge in [0, 0.05) is 45.4 Å². The van der Waals surface area contributed by atoms with Gasteiger partial charge in [-0.3, -0.25) is 19.2 Å². The van der Waals surface area contributed by atoms with E-state index >= 15 is 0 Å². The van der Waals surface area contributed by atoms with Gasteiger partial charge in [0.15, 0.2) is 0 Å². The summed E-state index contributed by atoms with van der Waals surface area (Å²) in [5, 5.41) is 13.4. The summed E-state index contributed by atoms with van der Waals surface area (Å²) in [4.78, 5) is 59.9. The third kappa shape index (κ3) is 22.7. The van der Waals surface area contributed by atoms with E-state index in [1.165, 1.54) is 0 Å². The van der Waals surface area contributed by atoms with E-state index in [1.807, 2.05) is 13.8 Å². The van der Waals surface area contributed by atoms with Crippen LogP contribution in [-0.2, 0) is 33.4 Å². The molecule has 0 spiro atoms. The molecule has 0 saturated heterocycles. The first-order chi connectivity index (χ1) is 18.5. The Morgan fingerprint density at radius 2 is 1.05 bits per heavy atom. The molecule has 226 valence electrons. The summed E-state index contributed by atoms with van der Waals surface area (Å²) < 4.78 is 16.0. The molecule has 39 heavy (non-hydrogen) atoms. The third-order valence-electron chi connectivity index (χ3n) is 4.87. The fourth-order valence-corrected chi connectivity index (χ4v) is 3.07. The van der Waals surface area contributed by atoms with E-state index in [1.54, 1.807) is 20.8 Å². The van der Waals surface area contributed by atoms with Crippen LogP contribution < -0.4 is 26.6 Å². The zero-order chi connectivity index (χ0) is 29.5. The molecule has 0 aliphatic carbocycles. The Balaban J connectivity index is 4.40. The van der Waals surface area contributed by atoms with Gasteiger partial charge in [-0.2, -0.15) is 0 Å². The molecule has 13 nitrogen and oxygen atoms in total. The van der Waals surface area contributed by atoms with E-state index in [9.17, 15) is 24.0 Å². The second kappa shape index (κ2) is 21.9. The smallest absolute Gasteiger partial charge is 0.408 e. The van der Waals surface area contributed by atoms with Crippen molar-refractivity contribution in [1.82, 2.24) is 26.6 Å². The zero-order valence-electron chi connectivity index (χ0n) is 24.2. The second-order valence-electron chi connectivity index (χ2n) is 9.80. The van der Waals surface area contributed by atoms with Gasteiger partial charge in [0.2, 0.25) is 23.6 Å². The van der Waals surface area contributed by atoms with Gasteiger partial charge in [-0.25, -0.2) is 4.79 Å². The molecule has 5 amide bonds. The average Bonchev–Trinajstić information content (AvgIpc) is 2.84. The number of hydrogen-bond acceptors (Lipinski definition) is 8. The number of carbonyl (C=O) groups excluding carboxylic acids is 5. The average molecular weight is 560 g/mol. The fraction of sp³-hybridized carbons (Fsp3) is 0.808. The van der Waals surface area contributed by atoms with E-state index in [4.69, 9.17) is 14.2 Å². The van der Waals surface area contributed by atoms with Crippen molar-refractivity contribution < 1.29 is 38.2 Å². The van der Waals surface area contributed by atoms with Crippen LogP contribution in [0, 0.1) is 0 Å². The maximum atomic E-state index is 12.7. The third-order valence-corrected chi connectivity index (χ3v) is 4.87. The van der Waals surface area contributed by atoms with Crippen molar-refractivity contribution in [3.63, 3.8) is 0 Å². The molecule has 1 atom stereocenters. The summed E-state index contributed by atoms with van der Waals surface area (Å²) in [5.74, 6) is -0.822. The largest absolute Gasteiger partial charge is 0.444 e. The quantitative estimate of drug-likeness (QED) is 0.128. The number of nitrogens with one attached hydrogen (secondary N) is 5. The molecule has 0 unspecified atom stereocenters. The minimum atomic E-state index is -0.984. The van der Waals surface area contributed by atoms with Crippen molar-refractivity contribution in [3.05, 3.63) is 0 Å². The Hall–Kier alpha value is -2.93. The highest BCUT2D eigenvalue weighted by molar-refractivity contribution is 5.86. The summed E-state index contributed by atoms with van der Waals surface area (Å²) in [7, 11) is 0. The highest BCUT2D eigenvalue weighted by Crippen LogP contribution is 2.08. The Kier molecular flexibility index (Phi) is 20.3. The molecule has 13 heteroatoms. The van der Waals surface area contributed by atoms with Crippen LogP contribution in [0.1, 0.15) is 73.1 Å². The van der Waals surface area contributed by atoms with Crippen LogP contribution in [0.5, 0.6) is 0 Å². The summed E-state index contributed by atoms with van der Waals surface area (Å²) in [6, 6.07) is -0.984. The molecule has 0 aromatic carbocycles. The van der Waals surface area contributed by atoms with Crippen LogP contribution in [0.2, 0.25) is 0 Å². The van der Waals surface area contributed by atoms with Crippen molar-refractivity contribution in [2.45, 2.75) is 84.8 Å². The maximum absolute atomic E-state index is 12.7. The minimum absolute atomic E-state index is 0.00504. The summed E-state index contributed by atoms with van der Waals surface area (Å²) in [6.45, 7) is 11.4. The molecular weight excluding hydrogens is 510 g/mol. The number of amides is 5. The van der Waals surface area contributed by atoms with E-state index < -0.39 is 23.6 Å². The van der Waals surface area contributed by atoms with Gasteiger partial charge in [0.05, 0.1) is 26.4 Å². The first-order valence-corrected chi connectivity index (χ1v) is 13.7. The van der Waals surface area contributed by atoms with Gasteiger partial charge >= 0.3 is 6.09 Å². The first kappa shape index (κ1) is 36.1. The number of carbonyl (C=O) groups is 5. The Labute approximate surface area is 232 Å². The minimum Gasteiger partial charge on any atom is -0.444 e. The normalized spacial score (nSPS) is 11.7. The summed E-state index contributed by atoms with van der Waals surface area (Å²) in [5.41, 5.74) is -0.748. The number of alkyl carbamates (subject to hydrolysis) is 1. The van der Waals surface area contributed by atoms with E-state index in [0.29, 0.717) is 39.1 Å². The van der Waals surface area contributed by atoms with Gasteiger partial charge in [0.25, 0.3) is 0 Å². The van der Waals surface area contributed by atoms with Crippen LogP contribution in [0.25, 0.3) is 0 Å². The Morgan fingerprint density at radius 1 is 0.641 bits per heavy atom. The van der Waals surface area contributed by atoms with Crippen LogP contribution >= 0.6 is 0 Å². The molecule has 0 bridgehead atoms. The van der Waals surface area contributed by atoms with Crippen molar-refractivity contribution in [2.24, 2.45) is 0 Å². The lowest BCUT2D eigenvalue weighted by molar-refractivity contribution is -0.124. The van der Waals surface area contributed by atoms with Crippen molar-refractivity contribution >= 4 is 29.7 Å². The van der Waals surface area contributed by atoms with E-state index in [0.717, 1.165) is 12.8 Å². The van der Waals surface area contributed by atoms with E-state index in [-0.39, 0.29) is 56.9 Å². The first-order valence-electron chi connectivity index (χ1n) is 13.7. The SMILES string of the molecule is CCCC(=O)NCCOCCNC(=O)CC[C@H](NC(=O)OC(C)(C)C)C(=O)NCCOCCNC(=O)CCC. The summed E-state index contributed by atoms with van der Waals surface area (Å²) >= 11 is 0. The number of rotatable bonds is 21. The second-order valence-corrected chi connectivity index (χ2v) is 9.80. The summed E-state index contributed by atoms with van der Waals surface area (Å²) in [6.07, 6.45) is 1.79. The lowest BCUT2D eigenvalue weighted by Gasteiger charge is -2.23. The van der Waals surface area contributed by atoms with Crippen LogP contribution in [0.15, 0.2) is 0 Å². The zero-order valence-corrected chi connectivity index (χ0v) is 24.2. The van der Waals surface area contributed by atoms with Crippen molar-refractivity contribution in [2.75, 3.05) is 52.6 Å². The molecule has 0 aromatic rings. The van der Waals surface area contributed by atoms with Crippen LogP contribution in [0.4, 0.5) is 4.79 Å². The standard InChI is InChI=1S/C26H49N5O8/c1-6-8-21(32)27-12-16-37-18-14-29-23(34)11-10-20(31-25(36)39-26(3,4)5)24(35)30-15-19-38-17-13-28-22(33)9-7-2/h20H,6-19H2,1-5H3,(H,27,32)(H,28,33)(H,29,34)(H,30,35)(H,31,36)/t20-/m0/s1. The molecule has 0 heterocycles. The van der Waals surface area contributed by atoms with Gasteiger partial charge in [-0.05, 0) is 40.0 Å². The van der Waals surface area contributed by atoms with Crippen molar-refractivity contribution in [1.29, 1.82) is 0 Å². The Bertz CT molecular complexity index is 742. The predicted molar refractivity (Wildman–Crippen MR) is 146 cm³/mol. The number of ether oxygens (including phenoxy) is 3. The molecule has 0 fully saturated rings. The highest BCUT2D eigenvalue weighted by atomic mass is 16.6. The van der Waals surface area contributed by atoms with Crippen LogP contribution in [-0.4, -0.2) is 94.0 Å². The lowest BCUT2D eigenvalue weighted by Crippen LogP contribution is -2.49. The molecular formula is C26H49N5O8. The molecule has 0 aliphatic rings. The monoisotopic (exact) mass is 559 g/mol. The highest BCUT2D eigenvalue weighted by Gasteiger charge is 2.24.